The Balaban J connectivity index is 1.28. The van der Waals surface area contributed by atoms with Crippen LogP contribution in [0.15, 0.2) is 4.99 Å². The van der Waals surface area contributed by atoms with Crippen LogP contribution in [-0.2, 0) is 9.47 Å². The number of nitrogens with zero attached hydrogens (tertiary/aromatic N) is 3. The number of alkyl halides is 3. The van der Waals surface area contributed by atoms with Gasteiger partial charge in [0.25, 0.3) is 0 Å². The van der Waals surface area contributed by atoms with Gasteiger partial charge in [-0.1, -0.05) is 0 Å². The van der Waals surface area contributed by atoms with E-state index in [1.807, 2.05) is 0 Å². The van der Waals surface area contributed by atoms with Crippen LogP contribution in [0, 0.1) is 5.92 Å². The SMILES string of the molecule is CN=C(NCCC1CCN(CC(F)(F)F)CC1)N1CCC(OCC2CCCCO2)CC1. The fraction of sp³-hybridized carbons (Fsp3) is 0.955. The number of likely N-dealkylation sites (tertiary alicyclic amines) is 2. The van der Waals surface area contributed by atoms with Crippen LogP contribution in [0.1, 0.15) is 51.4 Å². The standard InChI is InChI=1S/C22H39F3N4O2/c1-26-21(27-10-5-18-6-11-28(12-7-18)17-22(23,24)25)29-13-8-19(9-14-29)31-16-20-4-2-3-15-30-20/h18-20H,2-17H2,1H3,(H,26,27). The summed E-state index contributed by atoms with van der Waals surface area (Å²) in [6.45, 7) is 4.53. The smallest absolute Gasteiger partial charge is 0.376 e. The second kappa shape index (κ2) is 12.3. The second-order valence-corrected chi connectivity index (χ2v) is 9.11. The maximum Gasteiger partial charge on any atom is 0.401 e. The predicted octanol–water partition coefficient (Wildman–Crippen LogP) is 3.28. The average Bonchev–Trinajstić information content (AvgIpc) is 2.77. The van der Waals surface area contributed by atoms with Gasteiger partial charge in [0.05, 0.1) is 25.4 Å². The van der Waals surface area contributed by atoms with E-state index < -0.39 is 12.7 Å². The summed E-state index contributed by atoms with van der Waals surface area (Å²) in [7, 11) is 1.81. The molecule has 0 amide bonds. The Labute approximate surface area is 184 Å². The Kier molecular flexibility index (Phi) is 9.72. The van der Waals surface area contributed by atoms with Gasteiger partial charge < -0.3 is 19.7 Å². The van der Waals surface area contributed by atoms with Crippen LogP contribution in [0.5, 0.6) is 0 Å². The van der Waals surface area contributed by atoms with Crippen LogP contribution in [-0.4, -0.2) is 93.7 Å². The van der Waals surface area contributed by atoms with Crippen LogP contribution < -0.4 is 5.32 Å². The van der Waals surface area contributed by atoms with Gasteiger partial charge in [-0.3, -0.25) is 9.89 Å². The van der Waals surface area contributed by atoms with E-state index >= 15 is 0 Å². The van der Waals surface area contributed by atoms with Crippen molar-refractivity contribution < 1.29 is 22.6 Å². The molecule has 3 heterocycles. The minimum absolute atomic E-state index is 0.265. The number of hydrogen-bond donors (Lipinski definition) is 1. The van der Waals surface area contributed by atoms with E-state index in [0.717, 1.165) is 77.1 Å². The Bertz CT molecular complexity index is 539. The summed E-state index contributed by atoms with van der Waals surface area (Å²) in [4.78, 5) is 8.23. The van der Waals surface area contributed by atoms with Gasteiger partial charge in [-0.25, -0.2) is 0 Å². The van der Waals surface area contributed by atoms with E-state index in [0.29, 0.717) is 31.7 Å². The normalized spacial score (nSPS) is 25.7. The first-order valence-electron chi connectivity index (χ1n) is 11.9. The van der Waals surface area contributed by atoms with E-state index in [1.54, 1.807) is 7.05 Å². The Morgan fingerprint density at radius 1 is 1.06 bits per heavy atom. The molecule has 3 rings (SSSR count). The highest BCUT2D eigenvalue weighted by molar-refractivity contribution is 5.79. The van der Waals surface area contributed by atoms with Crippen molar-refractivity contribution in [2.24, 2.45) is 10.9 Å². The van der Waals surface area contributed by atoms with Crippen molar-refractivity contribution in [2.75, 3.05) is 59.5 Å². The first-order valence-corrected chi connectivity index (χ1v) is 11.9. The number of hydrogen-bond acceptors (Lipinski definition) is 4. The van der Waals surface area contributed by atoms with Crippen LogP contribution >= 0.6 is 0 Å². The summed E-state index contributed by atoms with van der Waals surface area (Å²) >= 11 is 0. The molecule has 0 bridgehead atoms. The van der Waals surface area contributed by atoms with Gasteiger partial charge in [-0.05, 0) is 70.4 Å². The lowest BCUT2D eigenvalue weighted by atomic mass is 9.93. The van der Waals surface area contributed by atoms with Crippen molar-refractivity contribution in [1.82, 2.24) is 15.1 Å². The number of nitrogens with one attached hydrogen (secondary N) is 1. The van der Waals surface area contributed by atoms with Gasteiger partial charge in [0, 0.05) is 33.3 Å². The van der Waals surface area contributed by atoms with Crippen molar-refractivity contribution >= 4 is 5.96 Å². The molecule has 3 aliphatic heterocycles. The number of ether oxygens (including phenoxy) is 2. The molecule has 0 aromatic heterocycles. The zero-order chi connectivity index (χ0) is 22.1. The summed E-state index contributed by atoms with van der Waals surface area (Å²) in [5.41, 5.74) is 0. The van der Waals surface area contributed by atoms with Gasteiger partial charge in [-0.2, -0.15) is 13.2 Å². The monoisotopic (exact) mass is 448 g/mol. The van der Waals surface area contributed by atoms with Crippen LogP contribution in [0.4, 0.5) is 13.2 Å². The maximum absolute atomic E-state index is 12.5. The molecular weight excluding hydrogens is 409 g/mol. The molecule has 1 unspecified atom stereocenters. The van der Waals surface area contributed by atoms with Gasteiger partial charge in [-0.15, -0.1) is 0 Å². The number of rotatable bonds is 7. The van der Waals surface area contributed by atoms with E-state index in [-0.39, 0.29) is 6.10 Å². The summed E-state index contributed by atoms with van der Waals surface area (Å²) in [5.74, 6) is 1.40. The molecule has 0 spiro atoms. The third kappa shape index (κ3) is 8.77. The lowest BCUT2D eigenvalue weighted by Crippen LogP contribution is -2.47. The molecule has 6 nitrogen and oxygen atoms in total. The fourth-order valence-electron chi connectivity index (χ4n) is 4.82. The molecule has 1 atom stereocenters. The summed E-state index contributed by atoms with van der Waals surface area (Å²) in [6, 6.07) is 0. The van der Waals surface area contributed by atoms with Crippen molar-refractivity contribution in [1.29, 1.82) is 0 Å². The zero-order valence-corrected chi connectivity index (χ0v) is 18.8. The Morgan fingerprint density at radius 3 is 2.42 bits per heavy atom. The number of aliphatic imine (C=N–C) groups is 1. The zero-order valence-electron chi connectivity index (χ0n) is 18.8. The highest BCUT2D eigenvalue weighted by atomic mass is 19.4. The maximum atomic E-state index is 12.5. The molecule has 0 radical (unpaired) electrons. The topological polar surface area (TPSA) is 49.3 Å². The lowest BCUT2D eigenvalue weighted by Gasteiger charge is -2.35. The van der Waals surface area contributed by atoms with Crippen molar-refractivity contribution in [3.8, 4) is 0 Å². The summed E-state index contributed by atoms with van der Waals surface area (Å²) < 4.78 is 49.4. The average molecular weight is 449 g/mol. The van der Waals surface area contributed by atoms with E-state index in [9.17, 15) is 13.2 Å². The predicted molar refractivity (Wildman–Crippen MR) is 115 cm³/mol. The van der Waals surface area contributed by atoms with Crippen molar-refractivity contribution in [2.45, 2.75) is 69.8 Å². The fourth-order valence-corrected chi connectivity index (χ4v) is 4.82. The highest BCUT2D eigenvalue weighted by Crippen LogP contribution is 2.24. The first kappa shape index (κ1) is 24.6. The highest BCUT2D eigenvalue weighted by Gasteiger charge is 2.32. The van der Waals surface area contributed by atoms with Gasteiger partial charge in [0.2, 0.25) is 0 Å². The quantitative estimate of drug-likeness (QED) is 0.479. The van der Waals surface area contributed by atoms with Crippen molar-refractivity contribution in [3.63, 3.8) is 0 Å². The van der Waals surface area contributed by atoms with Crippen LogP contribution in [0.3, 0.4) is 0 Å². The molecular formula is C22H39F3N4O2. The number of piperidine rings is 2. The molecule has 0 aliphatic carbocycles. The molecule has 0 saturated carbocycles. The van der Waals surface area contributed by atoms with Crippen molar-refractivity contribution in [3.05, 3.63) is 0 Å². The summed E-state index contributed by atoms with van der Waals surface area (Å²) in [6.07, 6.45) is 4.60. The molecule has 1 N–H and O–H groups in total. The van der Waals surface area contributed by atoms with E-state index in [4.69, 9.17) is 9.47 Å². The molecule has 31 heavy (non-hydrogen) atoms. The first-order chi connectivity index (χ1) is 14.9. The molecule has 0 aromatic carbocycles. The third-order valence-electron chi connectivity index (χ3n) is 6.69. The van der Waals surface area contributed by atoms with Gasteiger partial charge in [0.15, 0.2) is 5.96 Å². The Morgan fingerprint density at radius 2 is 1.81 bits per heavy atom. The number of halogens is 3. The molecule has 0 aromatic rings. The second-order valence-electron chi connectivity index (χ2n) is 9.11. The van der Waals surface area contributed by atoms with E-state index in [2.05, 4.69) is 15.2 Å². The van der Waals surface area contributed by atoms with Gasteiger partial charge >= 0.3 is 6.18 Å². The molecule has 3 fully saturated rings. The molecule has 3 aliphatic rings. The molecule has 180 valence electrons. The minimum atomic E-state index is -4.09. The largest absolute Gasteiger partial charge is 0.401 e. The minimum Gasteiger partial charge on any atom is -0.376 e. The molecule has 3 saturated heterocycles. The summed E-state index contributed by atoms with van der Waals surface area (Å²) in [5, 5.41) is 3.46. The lowest BCUT2D eigenvalue weighted by molar-refractivity contribution is -0.148. The number of guanidine groups is 1. The van der Waals surface area contributed by atoms with Crippen LogP contribution in [0.25, 0.3) is 0 Å². The van der Waals surface area contributed by atoms with Gasteiger partial charge in [0.1, 0.15) is 0 Å². The van der Waals surface area contributed by atoms with E-state index in [1.165, 1.54) is 11.3 Å². The molecule has 9 heteroatoms. The van der Waals surface area contributed by atoms with Crippen LogP contribution in [0.2, 0.25) is 0 Å². The Hall–Kier alpha value is -1.06. The third-order valence-corrected chi connectivity index (χ3v) is 6.69.